The Hall–Kier alpha value is -2.62. The van der Waals surface area contributed by atoms with Crippen molar-refractivity contribution in [3.05, 3.63) is 59.5 Å². The van der Waals surface area contributed by atoms with Gasteiger partial charge < -0.3 is 9.73 Å². The first-order valence-electron chi connectivity index (χ1n) is 6.35. The fourth-order valence-electron chi connectivity index (χ4n) is 2.02. The van der Waals surface area contributed by atoms with Gasteiger partial charge in [-0.25, -0.2) is 4.98 Å². The lowest BCUT2D eigenvalue weighted by molar-refractivity contribution is 0.102. The van der Waals surface area contributed by atoms with Gasteiger partial charge in [0.1, 0.15) is 5.52 Å². The molecule has 20 heavy (non-hydrogen) atoms. The lowest BCUT2D eigenvalue weighted by Crippen LogP contribution is -2.11. The molecule has 3 aromatic rings. The van der Waals surface area contributed by atoms with Crippen molar-refractivity contribution in [1.82, 2.24) is 4.98 Å². The van der Waals surface area contributed by atoms with Crippen LogP contribution in [-0.4, -0.2) is 10.9 Å². The highest BCUT2D eigenvalue weighted by molar-refractivity contribution is 6.05. The third kappa shape index (κ3) is 2.28. The van der Waals surface area contributed by atoms with Crippen LogP contribution in [0.1, 0.15) is 21.5 Å². The molecule has 4 heteroatoms. The Bertz CT molecular complexity index is 790. The minimum absolute atomic E-state index is 0.154. The van der Waals surface area contributed by atoms with Crippen molar-refractivity contribution >= 4 is 22.7 Å². The molecule has 1 N–H and O–H groups in total. The molecule has 0 fully saturated rings. The Morgan fingerprint density at radius 2 is 1.95 bits per heavy atom. The summed E-state index contributed by atoms with van der Waals surface area (Å²) < 4.78 is 5.16. The van der Waals surface area contributed by atoms with Gasteiger partial charge in [0.05, 0.1) is 0 Å². The van der Waals surface area contributed by atoms with Crippen LogP contribution in [0, 0.1) is 13.8 Å². The van der Waals surface area contributed by atoms with Crippen molar-refractivity contribution in [3.63, 3.8) is 0 Å². The number of rotatable bonds is 2. The summed E-state index contributed by atoms with van der Waals surface area (Å²) in [6.07, 6.45) is 1.37. The molecule has 3 rings (SSSR count). The molecule has 1 amide bonds. The van der Waals surface area contributed by atoms with E-state index in [-0.39, 0.29) is 5.91 Å². The van der Waals surface area contributed by atoms with Crippen molar-refractivity contribution in [2.75, 3.05) is 5.32 Å². The van der Waals surface area contributed by atoms with E-state index in [1.165, 1.54) is 12.0 Å². The summed E-state index contributed by atoms with van der Waals surface area (Å²) in [6, 6.07) is 11.0. The number of hydrogen-bond donors (Lipinski definition) is 1. The Labute approximate surface area is 116 Å². The van der Waals surface area contributed by atoms with Gasteiger partial charge in [-0.15, -0.1) is 0 Å². The third-order valence-electron chi connectivity index (χ3n) is 3.36. The van der Waals surface area contributed by atoms with Gasteiger partial charge in [-0.2, -0.15) is 0 Å². The number of amides is 1. The van der Waals surface area contributed by atoms with E-state index in [2.05, 4.69) is 10.3 Å². The molecule has 0 atom stereocenters. The molecule has 0 saturated heterocycles. The zero-order chi connectivity index (χ0) is 14.1. The average molecular weight is 266 g/mol. The van der Waals surface area contributed by atoms with Crippen LogP contribution in [0.4, 0.5) is 5.69 Å². The number of nitrogens with zero attached hydrogens (tertiary/aromatic N) is 1. The molecular formula is C16H14N2O2. The summed E-state index contributed by atoms with van der Waals surface area (Å²) in [5.41, 5.74) is 5.05. The minimum Gasteiger partial charge on any atom is -0.443 e. The van der Waals surface area contributed by atoms with Crippen molar-refractivity contribution in [1.29, 1.82) is 0 Å². The van der Waals surface area contributed by atoms with Crippen LogP contribution in [0.15, 0.2) is 47.2 Å². The fraction of sp³-hybridized carbons (Fsp3) is 0.125. The minimum atomic E-state index is -0.154. The number of fused-ring (bicyclic) bond motifs is 1. The van der Waals surface area contributed by atoms with Gasteiger partial charge in [0.15, 0.2) is 12.0 Å². The van der Waals surface area contributed by atoms with Crippen molar-refractivity contribution in [2.45, 2.75) is 13.8 Å². The van der Waals surface area contributed by atoms with Gasteiger partial charge in [-0.05, 0) is 55.3 Å². The highest BCUT2D eigenvalue weighted by atomic mass is 16.3. The van der Waals surface area contributed by atoms with E-state index >= 15 is 0 Å². The van der Waals surface area contributed by atoms with Crippen molar-refractivity contribution in [3.8, 4) is 0 Å². The lowest BCUT2D eigenvalue weighted by atomic mass is 10.1. The lowest BCUT2D eigenvalue weighted by Gasteiger charge is -2.07. The zero-order valence-electron chi connectivity index (χ0n) is 11.3. The number of anilines is 1. The zero-order valence-corrected chi connectivity index (χ0v) is 11.3. The van der Waals surface area contributed by atoms with Gasteiger partial charge in [-0.3, -0.25) is 4.79 Å². The number of benzene rings is 2. The summed E-state index contributed by atoms with van der Waals surface area (Å²) >= 11 is 0. The van der Waals surface area contributed by atoms with Gasteiger partial charge >= 0.3 is 0 Å². The summed E-state index contributed by atoms with van der Waals surface area (Å²) in [5.74, 6) is -0.154. The monoisotopic (exact) mass is 266 g/mol. The fourth-order valence-corrected chi connectivity index (χ4v) is 2.02. The molecule has 1 aromatic heterocycles. The molecule has 1 heterocycles. The van der Waals surface area contributed by atoms with E-state index in [4.69, 9.17) is 4.42 Å². The Morgan fingerprint density at radius 1 is 1.10 bits per heavy atom. The maximum Gasteiger partial charge on any atom is 0.255 e. The number of carbonyl (C=O) groups excluding carboxylic acids is 1. The maximum atomic E-state index is 12.2. The first-order valence-corrected chi connectivity index (χ1v) is 6.35. The highest BCUT2D eigenvalue weighted by Gasteiger charge is 2.09. The molecule has 0 spiro atoms. The summed E-state index contributed by atoms with van der Waals surface area (Å²) in [5, 5.41) is 2.89. The molecular weight excluding hydrogens is 252 g/mol. The molecule has 0 saturated carbocycles. The van der Waals surface area contributed by atoms with Crippen LogP contribution < -0.4 is 5.32 Å². The van der Waals surface area contributed by atoms with Crippen molar-refractivity contribution < 1.29 is 9.21 Å². The summed E-state index contributed by atoms with van der Waals surface area (Å²) in [4.78, 5) is 16.3. The molecule has 4 nitrogen and oxygen atoms in total. The molecule has 0 bridgehead atoms. The van der Waals surface area contributed by atoms with Gasteiger partial charge in [0.25, 0.3) is 5.91 Å². The van der Waals surface area contributed by atoms with Crippen LogP contribution >= 0.6 is 0 Å². The number of nitrogens with one attached hydrogen (secondary N) is 1. The maximum absolute atomic E-state index is 12.2. The Morgan fingerprint density at radius 3 is 2.75 bits per heavy atom. The number of carbonyl (C=O) groups is 1. The van der Waals surface area contributed by atoms with Gasteiger partial charge in [0.2, 0.25) is 0 Å². The van der Waals surface area contributed by atoms with E-state index in [1.807, 2.05) is 32.0 Å². The van der Waals surface area contributed by atoms with Crippen LogP contribution in [0.2, 0.25) is 0 Å². The van der Waals surface area contributed by atoms with E-state index in [1.54, 1.807) is 18.2 Å². The Kier molecular flexibility index (Phi) is 2.99. The van der Waals surface area contributed by atoms with Crippen LogP contribution in [0.3, 0.4) is 0 Å². The second-order valence-electron chi connectivity index (χ2n) is 4.79. The predicted octanol–water partition coefficient (Wildman–Crippen LogP) is 3.70. The largest absolute Gasteiger partial charge is 0.443 e. The van der Waals surface area contributed by atoms with Crippen LogP contribution in [0.25, 0.3) is 11.1 Å². The highest BCUT2D eigenvalue weighted by Crippen LogP contribution is 2.17. The molecule has 2 aromatic carbocycles. The molecule has 0 aliphatic heterocycles. The number of hydrogen-bond acceptors (Lipinski definition) is 3. The first kappa shape index (κ1) is 12.4. The van der Waals surface area contributed by atoms with Gasteiger partial charge in [0, 0.05) is 11.3 Å². The number of oxazole rings is 1. The topological polar surface area (TPSA) is 55.1 Å². The second kappa shape index (κ2) is 4.81. The van der Waals surface area contributed by atoms with E-state index in [0.29, 0.717) is 16.7 Å². The van der Waals surface area contributed by atoms with E-state index in [0.717, 1.165) is 11.3 Å². The molecule has 0 aliphatic carbocycles. The number of aromatic nitrogens is 1. The average Bonchev–Trinajstić information content (AvgIpc) is 2.90. The smallest absolute Gasteiger partial charge is 0.255 e. The Balaban J connectivity index is 1.86. The molecule has 100 valence electrons. The quantitative estimate of drug-likeness (QED) is 0.769. The normalized spacial score (nSPS) is 10.7. The molecule has 0 radical (unpaired) electrons. The number of aryl methyl sites for hydroxylation is 2. The van der Waals surface area contributed by atoms with Crippen molar-refractivity contribution in [2.24, 2.45) is 0 Å². The SMILES string of the molecule is Cc1ccc(NC(=O)c2ccc3ocnc3c2)cc1C. The second-order valence-corrected chi connectivity index (χ2v) is 4.79. The predicted molar refractivity (Wildman–Crippen MR) is 77.9 cm³/mol. The summed E-state index contributed by atoms with van der Waals surface area (Å²) in [6.45, 7) is 4.06. The first-order chi connectivity index (χ1) is 9.63. The van der Waals surface area contributed by atoms with E-state index in [9.17, 15) is 4.79 Å². The standard InChI is InChI=1S/C16H14N2O2/c1-10-3-5-13(7-11(10)2)18-16(19)12-4-6-15-14(8-12)17-9-20-15/h3-9H,1-2H3,(H,18,19). The molecule has 0 unspecified atom stereocenters. The van der Waals surface area contributed by atoms with Crippen LogP contribution in [-0.2, 0) is 0 Å². The third-order valence-corrected chi connectivity index (χ3v) is 3.36. The van der Waals surface area contributed by atoms with Crippen LogP contribution in [0.5, 0.6) is 0 Å². The van der Waals surface area contributed by atoms with Gasteiger partial charge in [-0.1, -0.05) is 6.07 Å². The van der Waals surface area contributed by atoms with E-state index < -0.39 is 0 Å². The molecule has 0 aliphatic rings. The summed E-state index contributed by atoms with van der Waals surface area (Å²) in [7, 11) is 0.